The quantitative estimate of drug-likeness (QED) is 0.322. The van der Waals surface area contributed by atoms with Gasteiger partial charge in [-0.1, -0.05) is 73.5 Å². The second-order valence-electron chi connectivity index (χ2n) is 9.42. The number of halogens is 2. The van der Waals surface area contributed by atoms with Crippen molar-refractivity contribution in [3.05, 3.63) is 94.3 Å². The minimum Gasteiger partial charge on any atom is -0.206 e. The molecule has 0 unspecified atom stereocenters. The fourth-order valence-corrected chi connectivity index (χ4v) is 5.20. The van der Waals surface area contributed by atoms with Gasteiger partial charge in [0, 0.05) is 10.6 Å². The topological polar surface area (TPSA) is 0 Å². The molecule has 0 atom stereocenters. The predicted octanol–water partition coefficient (Wildman–Crippen LogP) is 9.40. The van der Waals surface area contributed by atoms with Crippen LogP contribution in [0.2, 0.25) is 5.02 Å². The second kappa shape index (κ2) is 11.1. The fourth-order valence-electron chi connectivity index (χ4n) is 5.07. The van der Waals surface area contributed by atoms with Crippen molar-refractivity contribution in [2.24, 2.45) is 5.92 Å². The number of hydrogen-bond donors (Lipinski definition) is 0. The molecule has 32 heavy (non-hydrogen) atoms. The number of rotatable bonds is 8. The first-order valence-electron chi connectivity index (χ1n) is 12.3. The molecule has 0 saturated heterocycles. The van der Waals surface area contributed by atoms with Crippen molar-refractivity contribution < 1.29 is 4.39 Å². The van der Waals surface area contributed by atoms with Crippen molar-refractivity contribution in [1.82, 2.24) is 0 Å². The molecule has 1 aliphatic rings. The van der Waals surface area contributed by atoms with Gasteiger partial charge < -0.3 is 0 Å². The van der Waals surface area contributed by atoms with E-state index in [0.29, 0.717) is 16.5 Å². The number of unbranched alkanes of at least 4 members (excludes halogenated alkanes) is 1. The van der Waals surface area contributed by atoms with Gasteiger partial charge in [0.15, 0.2) is 0 Å². The summed E-state index contributed by atoms with van der Waals surface area (Å²) >= 11 is 5.95. The van der Waals surface area contributed by atoms with Crippen LogP contribution in [0.1, 0.15) is 74.5 Å². The molecule has 0 aliphatic heterocycles. The Hall–Kier alpha value is -2.12. The van der Waals surface area contributed by atoms with Crippen LogP contribution in [-0.2, 0) is 12.8 Å². The Kier molecular flexibility index (Phi) is 8.03. The van der Waals surface area contributed by atoms with Crippen LogP contribution < -0.4 is 0 Å². The molecule has 0 spiro atoms. The van der Waals surface area contributed by atoms with Crippen molar-refractivity contribution >= 4 is 11.6 Å². The van der Waals surface area contributed by atoms with Crippen LogP contribution >= 0.6 is 11.6 Å². The predicted molar refractivity (Wildman–Crippen MR) is 135 cm³/mol. The lowest BCUT2D eigenvalue weighted by Gasteiger charge is -2.29. The van der Waals surface area contributed by atoms with Gasteiger partial charge in [-0.3, -0.25) is 0 Å². The highest BCUT2D eigenvalue weighted by atomic mass is 35.5. The molecule has 0 bridgehead atoms. The Bertz CT molecular complexity index is 982. The third-order valence-electron chi connectivity index (χ3n) is 7.15. The zero-order valence-electron chi connectivity index (χ0n) is 19.1. The maximum Gasteiger partial charge on any atom is 0.131 e. The van der Waals surface area contributed by atoms with Crippen LogP contribution in [0.4, 0.5) is 4.39 Å². The average Bonchev–Trinajstić information content (AvgIpc) is 2.83. The Morgan fingerprint density at radius 2 is 1.50 bits per heavy atom. The Balaban J connectivity index is 1.27. The summed E-state index contributed by atoms with van der Waals surface area (Å²) < 4.78 is 14.7. The highest BCUT2D eigenvalue weighted by Gasteiger charge is 2.22. The monoisotopic (exact) mass is 448 g/mol. The fraction of sp³-hybridized carbons (Fsp3) is 0.400. The second-order valence-corrected chi connectivity index (χ2v) is 9.86. The van der Waals surface area contributed by atoms with Crippen molar-refractivity contribution in [3.63, 3.8) is 0 Å². The van der Waals surface area contributed by atoms with Crippen LogP contribution in [-0.4, -0.2) is 0 Å². The van der Waals surface area contributed by atoms with E-state index in [0.717, 1.165) is 29.9 Å². The van der Waals surface area contributed by atoms with Crippen LogP contribution in [0, 0.1) is 11.7 Å². The molecular formula is C30H34ClF. The van der Waals surface area contributed by atoms with E-state index < -0.39 is 0 Å². The zero-order valence-corrected chi connectivity index (χ0v) is 19.9. The van der Waals surface area contributed by atoms with Gasteiger partial charge in [-0.2, -0.15) is 0 Å². The molecule has 4 rings (SSSR count). The van der Waals surface area contributed by atoms with E-state index in [-0.39, 0.29) is 5.82 Å². The summed E-state index contributed by atoms with van der Waals surface area (Å²) in [5.41, 5.74) is 5.61. The molecule has 0 radical (unpaired) electrons. The first-order valence-corrected chi connectivity index (χ1v) is 12.6. The minimum atomic E-state index is -0.143. The molecule has 3 aromatic rings. The number of aryl methyl sites for hydroxylation is 2. The Labute approximate surface area is 197 Å². The van der Waals surface area contributed by atoms with E-state index in [2.05, 4.69) is 37.3 Å². The van der Waals surface area contributed by atoms with E-state index in [1.807, 2.05) is 18.2 Å². The highest BCUT2D eigenvalue weighted by molar-refractivity contribution is 6.30. The van der Waals surface area contributed by atoms with Crippen LogP contribution in [0.15, 0.2) is 66.7 Å². The molecule has 0 heterocycles. The molecule has 0 nitrogen and oxygen atoms in total. The maximum atomic E-state index is 14.7. The standard InChI is InChI=1S/C30H34ClF/c1-2-3-4-22-7-12-25(13-8-22)26-14-9-23(10-15-26)5-6-24-11-20-29(30(32)21-24)27-16-18-28(31)19-17-27/h7-8,11-13,16-21,23,26H,2-6,9-10,14-15H2,1H3/t23-,26-. The molecule has 1 fully saturated rings. The van der Waals surface area contributed by atoms with Crippen LogP contribution in [0.3, 0.4) is 0 Å². The first kappa shape index (κ1) is 23.1. The van der Waals surface area contributed by atoms with Gasteiger partial charge in [0.1, 0.15) is 5.82 Å². The smallest absolute Gasteiger partial charge is 0.131 e. The molecule has 0 N–H and O–H groups in total. The summed E-state index contributed by atoms with van der Waals surface area (Å²) in [6, 6.07) is 22.5. The Morgan fingerprint density at radius 1 is 0.812 bits per heavy atom. The molecule has 3 aromatic carbocycles. The van der Waals surface area contributed by atoms with Gasteiger partial charge in [-0.05, 0) is 104 Å². The van der Waals surface area contributed by atoms with Crippen molar-refractivity contribution in [2.75, 3.05) is 0 Å². The lowest BCUT2D eigenvalue weighted by atomic mass is 9.76. The normalized spacial score (nSPS) is 18.6. The molecule has 1 aliphatic carbocycles. The van der Waals surface area contributed by atoms with Gasteiger partial charge in [0.05, 0.1) is 0 Å². The van der Waals surface area contributed by atoms with Gasteiger partial charge in [-0.25, -0.2) is 4.39 Å². The summed E-state index contributed by atoms with van der Waals surface area (Å²) in [5.74, 6) is 1.33. The molecule has 1 saturated carbocycles. The lowest BCUT2D eigenvalue weighted by Crippen LogP contribution is -2.14. The third kappa shape index (κ3) is 6.01. The third-order valence-corrected chi connectivity index (χ3v) is 7.40. The molecule has 0 aromatic heterocycles. The minimum absolute atomic E-state index is 0.143. The summed E-state index contributed by atoms with van der Waals surface area (Å²) in [5, 5.41) is 0.671. The maximum absolute atomic E-state index is 14.7. The summed E-state index contributed by atoms with van der Waals surface area (Å²) in [4.78, 5) is 0. The van der Waals surface area contributed by atoms with E-state index in [1.165, 1.54) is 56.1 Å². The number of hydrogen-bond acceptors (Lipinski definition) is 0. The van der Waals surface area contributed by atoms with Crippen molar-refractivity contribution in [1.29, 1.82) is 0 Å². The van der Waals surface area contributed by atoms with Gasteiger partial charge >= 0.3 is 0 Å². The summed E-state index contributed by atoms with van der Waals surface area (Å²) in [7, 11) is 0. The summed E-state index contributed by atoms with van der Waals surface area (Å²) in [6.45, 7) is 2.25. The largest absolute Gasteiger partial charge is 0.206 e. The summed E-state index contributed by atoms with van der Waals surface area (Å²) in [6.07, 6.45) is 11.0. The SMILES string of the molecule is CCCCc1ccc([C@H]2CC[C@H](CCc3ccc(-c4ccc(Cl)cc4)c(F)c3)CC2)cc1. The number of benzene rings is 3. The van der Waals surface area contributed by atoms with Gasteiger partial charge in [0.2, 0.25) is 0 Å². The van der Waals surface area contributed by atoms with E-state index in [1.54, 1.807) is 18.2 Å². The highest BCUT2D eigenvalue weighted by Crippen LogP contribution is 2.38. The molecular weight excluding hydrogens is 415 g/mol. The van der Waals surface area contributed by atoms with E-state index in [4.69, 9.17) is 11.6 Å². The molecule has 0 amide bonds. The van der Waals surface area contributed by atoms with Gasteiger partial charge in [-0.15, -0.1) is 0 Å². The van der Waals surface area contributed by atoms with Gasteiger partial charge in [0.25, 0.3) is 0 Å². The Morgan fingerprint density at radius 3 is 2.16 bits per heavy atom. The zero-order chi connectivity index (χ0) is 22.3. The van der Waals surface area contributed by atoms with E-state index >= 15 is 0 Å². The average molecular weight is 449 g/mol. The van der Waals surface area contributed by atoms with Crippen LogP contribution in [0.5, 0.6) is 0 Å². The van der Waals surface area contributed by atoms with Crippen LogP contribution in [0.25, 0.3) is 11.1 Å². The molecule has 168 valence electrons. The van der Waals surface area contributed by atoms with Crippen molar-refractivity contribution in [2.45, 2.75) is 70.6 Å². The molecule has 2 heteroatoms. The van der Waals surface area contributed by atoms with E-state index in [9.17, 15) is 4.39 Å². The van der Waals surface area contributed by atoms with Crippen molar-refractivity contribution in [3.8, 4) is 11.1 Å². The first-order chi connectivity index (χ1) is 15.6. The lowest BCUT2D eigenvalue weighted by molar-refractivity contribution is 0.310.